The SMILES string of the molecule is CCC1CC(NC2CCC(=O)N(C)C2)CCO1. The zero-order valence-electron chi connectivity index (χ0n) is 10.9. The normalized spacial score (nSPS) is 35.1. The largest absolute Gasteiger partial charge is 0.378 e. The predicted octanol–water partition coefficient (Wildman–Crippen LogP) is 1.15. The monoisotopic (exact) mass is 240 g/mol. The van der Waals surface area contributed by atoms with Crippen LogP contribution in [0.25, 0.3) is 0 Å². The molecule has 1 amide bonds. The van der Waals surface area contributed by atoms with E-state index in [9.17, 15) is 4.79 Å². The number of likely N-dealkylation sites (N-methyl/N-ethyl adjacent to an activating group) is 1. The summed E-state index contributed by atoms with van der Waals surface area (Å²) < 4.78 is 5.68. The minimum Gasteiger partial charge on any atom is -0.378 e. The van der Waals surface area contributed by atoms with Crippen molar-refractivity contribution in [3.05, 3.63) is 0 Å². The van der Waals surface area contributed by atoms with Crippen molar-refractivity contribution in [2.45, 2.75) is 57.2 Å². The van der Waals surface area contributed by atoms with Gasteiger partial charge in [-0.05, 0) is 25.7 Å². The number of nitrogens with one attached hydrogen (secondary N) is 1. The van der Waals surface area contributed by atoms with Gasteiger partial charge < -0.3 is 15.0 Å². The molecule has 2 rings (SSSR count). The molecule has 4 nitrogen and oxygen atoms in total. The van der Waals surface area contributed by atoms with Gasteiger partial charge in [-0.1, -0.05) is 6.92 Å². The Kier molecular flexibility index (Phi) is 4.40. The first-order chi connectivity index (χ1) is 8.19. The van der Waals surface area contributed by atoms with Gasteiger partial charge >= 0.3 is 0 Å². The van der Waals surface area contributed by atoms with E-state index in [1.807, 2.05) is 11.9 Å². The molecule has 98 valence electrons. The number of amides is 1. The van der Waals surface area contributed by atoms with Crippen molar-refractivity contribution in [2.75, 3.05) is 20.2 Å². The van der Waals surface area contributed by atoms with E-state index in [1.54, 1.807) is 0 Å². The van der Waals surface area contributed by atoms with Crippen molar-refractivity contribution in [3.8, 4) is 0 Å². The lowest BCUT2D eigenvalue weighted by Gasteiger charge is -2.36. The Morgan fingerprint density at radius 2 is 2.24 bits per heavy atom. The molecule has 0 radical (unpaired) electrons. The molecule has 2 fully saturated rings. The van der Waals surface area contributed by atoms with Crippen LogP contribution in [0, 0.1) is 0 Å². The second-order valence-corrected chi connectivity index (χ2v) is 5.30. The van der Waals surface area contributed by atoms with Crippen molar-refractivity contribution >= 4 is 5.91 Å². The van der Waals surface area contributed by atoms with Gasteiger partial charge in [-0.15, -0.1) is 0 Å². The van der Waals surface area contributed by atoms with Crippen LogP contribution in [0.3, 0.4) is 0 Å². The molecule has 0 aliphatic carbocycles. The van der Waals surface area contributed by atoms with Crippen LogP contribution in [0.4, 0.5) is 0 Å². The molecule has 2 aliphatic rings. The summed E-state index contributed by atoms with van der Waals surface area (Å²) >= 11 is 0. The molecule has 2 aliphatic heterocycles. The van der Waals surface area contributed by atoms with Gasteiger partial charge in [0.05, 0.1) is 6.10 Å². The Morgan fingerprint density at radius 1 is 1.41 bits per heavy atom. The Bertz CT molecular complexity index is 270. The molecule has 2 heterocycles. The molecule has 4 heteroatoms. The standard InChI is InChI=1S/C13H24N2O2/c1-3-12-8-10(6-7-17-12)14-11-4-5-13(16)15(2)9-11/h10-12,14H,3-9H2,1-2H3. The van der Waals surface area contributed by atoms with E-state index >= 15 is 0 Å². The van der Waals surface area contributed by atoms with Crippen LogP contribution in [0.15, 0.2) is 0 Å². The fourth-order valence-corrected chi connectivity index (χ4v) is 2.80. The number of hydrogen-bond donors (Lipinski definition) is 1. The molecular formula is C13H24N2O2. The third-order valence-corrected chi connectivity index (χ3v) is 3.92. The van der Waals surface area contributed by atoms with Crippen molar-refractivity contribution in [1.82, 2.24) is 10.2 Å². The Morgan fingerprint density at radius 3 is 2.94 bits per heavy atom. The average Bonchev–Trinajstić information content (AvgIpc) is 2.34. The fourth-order valence-electron chi connectivity index (χ4n) is 2.80. The Balaban J connectivity index is 1.78. The van der Waals surface area contributed by atoms with Gasteiger partial charge in [0.15, 0.2) is 0 Å². The highest BCUT2D eigenvalue weighted by molar-refractivity contribution is 5.76. The highest BCUT2D eigenvalue weighted by atomic mass is 16.5. The summed E-state index contributed by atoms with van der Waals surface area (Å²) in [5, 5.41) is 3.70. The van der Waals surface area contributed by atoms with Crippen molar-refractivity contribution < 1.29 is 9.53 Å². The predicted molar refractivity (Wildman–Crippen MR) is 66.8 cm³/mol. The molecule has 1 N–H and O–H groups in total. The third-order valence-electron chi connectivity index (χ3n) is 3.92. The van der Waals surface area contributed by atoms with Crippen LogP contribution in [0.2, 0.25) is 0 Å². The number of likely N-dealkylation sites (tertiary alicyclic amines) is 1. The lowest BCUT2D eigenvalue weighted by molar-refractivity contribution is -0.132. The quantitative estimate of drug-likeness (QED) is 0.804. The van der Waals surface area contributed by atoms with Gasteiger partial charge in [0, 0.05) is 38.7 Å². The van der Waals surface area contributed by atoms with Crippen molar-refractivity contribution in [2.24, 2.45) is 0 Å². The summed E-state index contributed by atoms with van der Waals surface area (Å²) in [5.74, 6) is 0.279. The number of ether oxygens (including phenoxy) is 1. The second kappa shape index (κ2) is 5.83. The number of hydrogen-bond acceptors (Lipinski definition) is 3. The van der Waals surface area contributed by atoms with Crippen LogP contribution in [-0.2, 0) is 9.53 Å². The first-order valence-electron chi connectivity index (χ1n) is 6.80. The van der Waals surface area contributed by atoms with Gasteiger partial charge in [-0.25, -0.2) is 0 Å². The van der Waals surface area contributed by atoms with E-state index in [0.29, 0.717) is 24.6 Å². The fraction of sp³-hybridized carbons (Fsp3) is 0.923. The lowest BCUT2D eigenvalue weighted by Crippen LogP contribution is -2.51. The molecule has 0 aromatic heterocycles. The van der Waals surface area contributed by atoms with E-state index in [2.05, 4.69) is 12.2 Å². The van der Waals surface area contributed by atoms with E-state index in [0.717, 1.165) is 38.8 Å². The van der Waals surface area contributed by atoms with Gasteiger partial charge in [-0.3, -0.25) is 4.79 Å². The first-order valence-corrected chi connectivity index (χ1v) is 6.80. The average molecular weight is 240 g/mol. The third kappa shape index (κ3) is 3.42. The van der Waals surface area contributed by atoms with Crippen molar-refractivity contribution in [1.29, 1.82) is 0 Å². The van der Waals surface area contributed by atoms with Crippen molar-refractivity contribution in [3.63, 3.8) is 0 Å². The van der Waals surface area contributed by atoms with E-state index in [1.165, 1.54) is 0 Å². The van der Waals surface area contributed by atoms with E-state index in [4.69, 9.17) is 4.74 Å². The maximum absolute atomic E-state index is 11.4. The van der Waals surface area contributed by atoms with Crippen LogP contribution in [0.5, 0.6) is 0 Å². The Hall–Kier alpha value is -0.610. The highest BCUT2D eigenvalue weighted by Gasteiger charge is 2.27. The van der Waals surface area contributed by atoms with Crippen LogP contribution in [-0.4, -0.2) is 49.2 Å². The summed E-state index contributed by atoms with van der Waals surface area (Å²) in [6.45, 7) is 3.91. The minimum absolute atomic E-state index is 0.279. The summed E-state index contributed by atoms with van der Waals surface area (Å²) in [5.41, 5.74) is 0. The first kappa shape index (κ1) is 12.8. The number of nitrogens with zero attached hydrogens (tertiary/aromatic N) is 1. The topological polar surface area (TPSA) is 41.6 Å². The molecule has 3 unspecified atom stereocenters. The number of carbonyl (C=O) groups is 1. The van der Waals surface area contributed by atoms with E-state index < -0.39 is 0 Å². The maximum Gasteiger partial charge on any atom is 0.222 e. The summed E-state index contributed by atoms with van der Waals surface area (Å²) in [6, 6.07) is 1.04. The number of piperidine rings is 1. The van der Waals surface area contributed by atoms with Gasteiger partial charge in [0.2, 0.25) is 5.91 Å². The lowest BCUT2D eigenvalue weighted by atomic mass is 9.98. The minimum atomic E-state index is 0.279. The summed E-state index contributed by atoms with van der Waals surface area (Å²) in [6.07, 6.45) is 5.41. The molecule has 17 heavy (non-hydrogen) atoms. The molecular weight excluding hydrogens is 216 g/mol. The molecule has 0 bridgehead atoms. The number of rotatable bonds is 3. The second-order valence-electron chi connectivity index (χ2n) is 5.30. The molecule has 0 spiro atoms. The zero-order valence-corrected chi connectivity index (χ0v) is 10.9. The van der Waals surface area contributed by atoms with E-state index in [-0.39, 0.29) is 5.91 Å². The van der Waals surface area contributed by atoms with Gasteiger partial charge in [0.25, 0.3) is 0 Å². The molecule has 0 aromatic carbocycles. The molecule has 0 aromatic rings. The molecule has 3 atom stereocenters. The zero-order chi connectivity index (χ0) is 12.3. The Labute approximate surface area is 104 Å². The van der Waals surface area contributed by atoms with Crippen LogP contribution >= 0.6 is 0 Å². The smallest absolute Gasteiger partial charge is 0.222 e. The van der Waals surface area contributed by atoms with Crippen LogP contribution < -0.4 is 5.32 Å². The number of carbonyl (C=O) groups excluding carboxylic acids is 1. The molecule has 2 saturated heterocycles. The molecule has 0 saturated carbocycles. The summed E-state index contributed by atoms with van der Waals surface area (Å²) in [4.78, 5) is 13.3. The summed E-state index contributed by atoms with van der Waals surface area (Å²) in [7, 11) is 1.90. The van der Waals surface area contributed by atoms with Crippen LogP contribution in [0.1, 0.15) is 39.0 Å². The van der Waals surface area contributed by atoms with Gasteiger partial charge in [0.1, 0.15) is 0 Å². The highest BCUT2D eigenvalue weighted by Crippen LogP contribution is 2.18. The maximum atomic E-state index is 11.4. The van der Waals surface area contributed by atoms with Gasteiger partial charge in [-0.2, -0.15) is 0 Å².